The van der Waals surface area contributed by atoms with Crippen LogP contribution in [0.5, 0.6) is 11.5 Å². The number of ether oxygens (including phenoxy) is 3. The van der Waals surface area contributed by atoms with Gasteiger partial charge in [-0.2, -0.15) is 4.99 Å². The quantitative estimate of drug-likeness (QED) is 0.543. The van der Waals surface area contributed by atoms with Crippen molar-refractivity contribution in [3.63, 3.8) is 0 Å². The van der Waals surface area contributed by atoms with E-state index in [4.69, 9.17) is 14.2 Å². The van der Waals surface area contributed by atoms with Crippen molar-refractivity contribution in [1.82, 2.24) is 4.57 Å². The highest BCUT2D eigenvalue weighted by molar-refractivity contribution is 7.16. The van der Waals surface area contributed by atoms with Gasteiger partial charge in [0.2, 0.25) is 0 Å². The van der Waals surface area contributed by atoms with Crippen molar-refractivity contribution in [3.05, 3.63) is 52.8 Å². The molecule has 0 spiro atoms. The van der Waals surface area contributed by atoms with Crippen LogP contribution in [0.3, 0.4) is 0 Å². The van der Waals surface area contributed by atoms with Crippen LogP contribution in [0.1, 0.15) is 12.5 Å². The van der Waals surface area contributed by atoms with Gasteiger partial charge in [0.25, 0.3) is 5.91 Å². The molecule has 0 unspecified atom stereocenters. The molecule has 0 atom stereocenters. The zero-order chi connectivity index (χ0) is 19.9. The average molecular weight is 401 g/mol. The molecular weight excluding hydrogens is 376 g/mol. The highest BCUT2D eigenvalue weighted by atomic mass is 32.1. The molecule has 0 N–H and O–H groups in total. The Labute approximate surface area is 168 Å². The number of benzene rings is 2. The number of hydrogen-bond acceptors (Lipinski definition) is 5. The first-order valence-corrected chi connectivity index (χ1v) is 9.94. The lowest BCUT2D eigenvalue weighted by atomic mass is 10.2. The summed E-state index contributed by atoms with van der Waals surface area (Å²) >= 11 is 1.45. The molecule has 1 aromatic heterocycles. The fraction of sp³-hybridized carbons (Fsp3) is 0.333. The number of aromatic nitrogens is 1. The Hall–Kier alpha value is -2.64. The average Bonchev–Trinajstić information content (AvgIpc) is 3.03. The molecular formula is C21H24N2O4S. The van der Waals surface area contributed by atoms with E-state index in [0.29, 0.717) is 30.3 Å². The van der Waals surface area contributed by atoms with Crippen molar-refractivity contribution in [2.75, 3.05) is 26.9 Å². The standard InChI is InChI=1S/C21H24N2O4S/c1-4-26-11-10-23-18-9-8-16(25-3)13-19(18)28-21(23)22-20(24)14-27-17-7-5-6-15(2)12-17/h5-9,12-13H,4,10-11,14H2,1-3H3. The summed E-state index contributed by atoms with van der Waals surface area (Å²) in [6, 6.07) is 13.4. The Morgan fingerprint density at radius 3 is 2.79 bits per heavy atom. The van der Waals surface area contributed by atoms with Gasteiger partial charge in [-0.1, -0.05) is 23.5 Å². The smallest absolute Gasteiger partial charge is 0.286 e. The summed E-state index contributed by atoms with van der Waals surface area (Å²) in [5.41, 5.74) is 2.07. The van der Waals surface area contributed by atoms with Gasteiger partial charge in [0.15, 0.2) is 11.4 Å². The van der Waals surface area contributed by atoms with Crippen LogP contribution in [-0.4, -0.2) is 37.4 Å². The summed E-state index contributed by atoms with van der Waals surface area (Å²) in [5, 5.41) is 0. The normalized spacial score (nSPS) is 11.8. The maximum Gasteiger partial charge on any atom is 0.286 e. The van der Waals surface area contributed by atoms with E-state index in [-0.39, 0.29) is 12.5 Å². The highest BCUT2D eigenvalue weighted by Crippen LogP contribution is 2.23. The Morgan fingerprint density at radius 2 is 2.04 bits per heavy atom. The monoisotopic (exact) mass is 400 g/mol. The van der Waals surface area contributed by atoms with E-state index in [2.05, 4.69) is 4.99 Å². The summed E-state index contributed by atoms with van der Waals surface area (Å²) in [6.07, 6.45) is 0. The zero-order valence-corrected chi connectivity index (χ0v) is 17.1. The molecule has 28 heavy (non-hydrogen) atoms. The molecule has 1 heterocycles. The molecule has 1 amide bonds. The van der Waals surface area contributed by atoms with Gasteiger partial charge in [-0.15, -0.1) is 0 Å². The number of methoxy groups -OCH3 is 1. The van der Waals surface area contributed by atoms with Crippen LogP contribution in [0.4, 0.5) is 0 Å². The van der Waals surface area contributed by atoms with Crippen LogP contribution in [0.2, 0.25) is 0 Å². The third-order valence-electron chi connectivity index (χ3n) is 4.13. The molecule has 0 bridgehead atoms. The van der Waals surface area contributed by atoms with Gasteiger partial charge in [0.1, 0.15) is 11.5 Å². The fourth-order valence-electron chi connectivity index (χ4n) is 2.77. The summed E-state index contributed by atoms with van der Waals surface area (Å²) in [4.78, 5) is 17.3. The van der Waals surface area contributed by atoms with Gasteiger partial charge in [-0.25, -0.2) is 0 Å². The minimum absolute atomic E-state index is 0.105. The molecule has 0 radical (unpaired) electrons. The molecule has 0 aliphatic carbocycles. The Morgan fingerprint density at radius 1 is 1.18 bits per heavy atom. The number of rotatable bonds is 8. The molecule has 0 saturated heterocycles. The largest absolute Gasteiger partial charge is 0.497 e. The van der Waals surface area contributed by atoms with Crippen molar-refractivity contribution in [3.8, 4) is 11.5 Å². The van der Waals surface area contributed by atoms with Crippen molar-refractivity contribution >= 4 is 27.5 Å². The zero-order valence-electron chi connectivity index (χ0n) is 16.3. The molecule has 3 rings (SSSR count). The van der Waals surface area contributed by atoms with E-state index in [1.165, 1.54) is 11.3 Å². The fourth-order valence-corrected chi connectivity index (χ4v) is 3.87. The van der Waals surface area contributed by atoms with E-state index in [1.54, 1.807) is 7.11 Å². The number of carbonyl (C=O) groups excluding carboxylic acids is 1. The molecule has 3 aromatic rings. The van der Waals surface area contributed by atoms with Gasteiger partial charge in [-0.3, -0.25) is 4.79 Å². The highest BCUT2D eigenvalue weighted by Gasteiger charge is 2.10. The SMILES string of the molecule is CCOCCn1c(=NC(=O)COc2cccc(C)c2)sc2cc(OC)ccc21. The Bertz CT molecular complexity index is 1020. The molecule has 148 valence electrons. The second-order valence-corrected chi connectivity index (χ2v) is 7.19. The molecule has 2 aromatic carbocycles. The predicted molar refractivity (Wildman–Crippen MR) is 110 cm³/mol. The number of thiazole rings is 1. The van der Waals surface area contributed by atoms with Gasteiger partial charge in [0.05, 0.1) is 23.9 Å². The van der Waals surface area contributed by atoms with Gasteiger partial charge < -0.3 is 18.8 Å². The van der Waals surface area contributed by atoms with Crippen LogP contribution in [0, 0.1) is 6.92 Å². The lowest BCUT2D eigenvalue weighted by Crippen LogP contribution is -2.21. The number of nitrogens with zero attached hydrogens (tertiary/aromatic N) is 2. The summed E-state index contributed by atoms with van der Waals surface area (Å²) in [6.45, 7) is 5.64. The number of carbonyl (C=O) groups is 1. The minimum Gasteiger partial charge on any atom is -0.497 e. The number of hydrogen-bond donors (Lipinski definition) is 0. The maximum absolute atomic E-state index is 12.4. The number of amides is 1. The van der Waals surface area contributed by atoms with Gasteiger partial charge >= 0.3 is 0 Å². The van der Waals surface area contributed by atoms with Crippen molar-refractivity contribution in [1.29, 1.82) is 0 Å². The lowest BCUT2D eigenvalue weighted by Gasteiger charge is -2.06. The topological polar surface area (TPSA) is 62.1 Å². The number of fused-ring (bicyclic) bond motifs is 1. The van der Waals surface area contributed by atoms with Crippen LogP contribution in [0.25, 0.3) is 10.2 Å². The van der Waals surface area contributed by atoms with E-state index >= 15 is 0 Å². The predicted octanol–water partition coefficient (Wildman–Crippen LogP) is 3.56. The first-order chi connectivity index (χ1) is 13.6. The first-order valence-electron chi connectivity index (χ1n) is 9.13. The summed E-state index contributed by atoms with van der Waals surface area (Å²) < 4.78 is 19.4. The van der Waals surface area contributed by atoms with E-state index in [0.717, 1.165) is 21.5 Å². The van der Waals surface area contributed by atoms with Crippen LogP contribution in [0.15, 0.2) is 47.5 Å². The molecule has 0 aliphatic heterocycles. The minimum atomic E-state index is -0.329. The van der Waals surface area contributed by atoms with E-state index in [1.807, 2.05) is 60.9 Å². The molecule has 0 aliphatic rings. The van der Waals surface area contributed by atoms with Crippen molar-refractivity contribution in [2.45, 2.75) is 20.4 Å². The third kappa shape index (κ3) is 4.99. The second kappa shape index (κ2) is 9.52. The summed E-state index contributed by atoms with van der Waals surface area (Å²) in [7, 11) is 1.63. The van der Waals surface area contributed by atoms with Crippen molar-refractivity contribution in [2.24, 2.45) is 4.99 Å². The number of aryl methyl sites for hydroxylation is 1. The van der Waals surface area contributed by atoms with Gasteiger partial charge in [0, 0.05) is 13.2 Å². The lowest BCUT2D eigenvalue weighted by molar-refractivity contribution is -0.120. The molecule has 7 heteroatoms. The van der Waals surface area contributed by atoms with Crippen LogP contribution < -0.4 is 14.3 Å². The molecule has 6 nitrogen and oxygen atoms in total. The molecule has 0 saturated carbocycles. The van der Waals surface area contributed by atoms with E-state index in [9.17, 15) is 4.79 Å². The summed E-state index contributed by atoms with van der Waals surface area (Å²) in [5.74, 6) is 1.10. The van der Waals surface area contributed by atoms with Crippen LogP contribution in [-0.2, 0) is 16.1 Å². The second-order valence-electron chi connectivity index (χ2n) is 6.18. The Balaban J connectivity index is 1.86. The molecule has 0 fully saturated rings. The van der Waals surface area contributed by atoms with Crippen molar-refractivity contribution < 1.29 is 19.0 Å². The Kier molecular flexibility index (Phi) is 6.84. The van der Waals surface area contributed by atoms with Crippen LogP contribution >= 0.6 is 11.3 Å². The van der Waals surface area contributed by atoms with E-state index < -0.39 is 0 Å². The first kappa shape index (κ1) is 20.1. The third-order valence-corrected chi connectivity index (χ3v) is 5.17. The van der Waals surface area contributed by atoms with Gasteiger partial charge in [-0.05, 0) is 49.7 Å². The maximum atomic E-state index is 12.4.